The van der Waals surface area contributed by atoms with E-state index in [1.165, 1.54) is 4.88 Å². The van der Waals surface area contributed by atoms with E-state index in [4.69, 9.17) is 4.99 Å². The van der Waals surface area contributed by atoms with E-state index in [1.807, 2.05) is 6.07 Å². The van der Waals surface area contributed by atoms with Gasteiger partial charge in [0.15, 0.2) is 5.96 Å². The Morgan fingerprint density at radius 1 is 1.20 bits per heavy atom. The van der Waals surface area contributed by atoms with Crippen molar-refractivity contribution in [2.45, 2.75) is 31.1 Å². The molecule has 0 radical (unpaired) electrons. The van der Waals surface area contributed by atoms with Crippen molar-refractivity contribution in [1.29, 1.82) is 0 Å². The molecule has 1 aliphatic heterocycles. The normalized spacial score (nSPS) is 16.5. The maximum absolute atomic E-state index is 12.8. The first-order chi connectivity index (χ1) is 14.5. The van der Waals surface area contributed by atoms with Crippen molar-refractivity contribution >= 4 is 27.3 Å². The molecule has 1 aromatic heterocycles. The molecular weight excluding hydrogens is 416 g/mol. The van der Waals surface area contributed by atoms with E-state index in [1.54, 1.807) is 39.9 Å². The first-order valence-corrected chi connectivity index (χ1v) is 12.9. The van der Waals surface area contributed by atoms with Crippen LogP contribution in [0.15, 0.2) is 57.7 Å². The maximum atomic E-state index is 12.8. The minimum Gasteiger partial charge on any atom is -0.357 e. The topological polar surface area (TPSA) is 65.0 Å². The summed E-state index contributed by atoms with van der Waals surface area (Å²) in [6.45, 7) is 5.67. The summed E-state index contributed by atoms with van der Waals surface area (Å²) in [5.41, 5.74) is 0. The van der Waals surface area contributed by atoms with Gasteiger partial charge in [0.05, 0.1) is 4.90 Å². The molecule has 2 heterocycles. The second-order valence-corrected chi connectivity index (χ2v) is 10.6. The minimum atomic E-state index is -3.39. The quantitative estimate of drug-likeness (QED) is 0.497. The van der Waals surface area contributed by atoms with Crippen LogP contribution in [0.4, 0.5) is 0 Å². The molecule has 0 unspecified atom stereocenters. The molecule has 1 N–H and O–H groups in total. The number of thiophene rings is 1. The summed E-state index contributed by atoms with van der Waals surface area (Å²) in [7, 11) is -1.32. The van der Waals surface area contributed by atoms with Gasteiger partial charge < -0.3 is 10.2 Å². The lowest BCUT2D eigenvalue weighted by Crippen LogP contribution is -2.41. The molecule has 1 saturated heterocycles. The Kier molecular flexibility index (Phi) is 8.30. The number of rotatable bonds is 8. The molecule has 3 rings (SSSR count). The molecule has 0 saturated carbocycles. The molecule has 0 spiro atoms. The molecule has 1 fully saturated rings. The van der Waals surface area contributed by atoms with Crippen LogP contribution >= 0.6 is 11.3 Å². The van der Waals surface area contributed by atoms with Crippen LogP contribution < -0.4 is 5.32 Å². The standard InChI is InChI=1S/C22H32N4O2S2/c1-3-23-22(25(2)14-13-20-8-7-17-29-20)24-18-19-11-15-26(16-12-19)30(27,28)21-9-5-4-6-10-21/h4-10,17,19H,3,11-16,18H2,1-2H3,(H,23,24). The fraction of sp³-hybridized carbons (Fsp3) is 0.500. The molecule has 1 aliphatic rings. The lowest BCUT2D eigenvalue weighted by atomic mass is 9.98. The second kappa shape index (κ2) is 10.9. The van der Waals surface area contributed by atoms with E-state index in [-0.39, 0.29) is 0 Å². The van der Waals surface area contributed by atoms with Crippen molar-refractivity contribution in [3.8, 4) is 0 Å². The molecule has 6 nitrogen and oxygen atoms in total. The van der Waals surface area contributed by atoms with Gasteiger partial charge in [0, 0.05) is 44.6 Å². The van der Waals surface area contributed by atoms with Crippen molar-refractivity contribution in [2.24, 2.45) is 10.9 Å². The minimum absolute atomic E-state index is 0.378. The highest BCUT2D eigenvalue weighted by Gasteiger charge is 2.29. The van der Waals surface area contributed by atoms with E-state index in [0.29, 0.717) is 23.9 Å². The van der Waals surface area contributed by atoms with E-state index in [2.05, 4.69) is 41.7 Å². The zero-order valence-electron chi connectivity index (χ0n) is 17.8. The number of nitrogens with zero attached hydrogens (tertiary/aromatic N) is 3. The third-order valence-corrected chi connectivity index (χ3v) is 8.27. The zero-order valence-corrected chi connectivity index (χ0v) is 19.5. The van der Waals surface area contributed by atoms with Crippen LogP contribution in [0.2, 0.25) is 0 Å². The largest absolute Gasteiger partial charge is 0.357 e. The highest BCUT2D eigenvalue weighted by atomic mass is 32.2. The van der Waals surface area contributed by atoms with Gasteiger partial charge in [-0.2, -0.15) is 4.31 Å². The lowest BCUT2D eigenvalue weighted by Gasteiger charge is -2.31. The number of piperidine rings is 1. The molecule has 8 heteroatoms. The number of benzene rings is 1. The summed E-state index contributed by atoms with van der Waals surface area (Å²) >= 11 is 1.79. The van der Waals surface area contributed by atoms with Crippen LogP contribution in [-0.2, 0) is 16.4 Å². The van der Waals surface area contributed by atoms with Crippen LogP contribution in [0, 0.1) is 5.92 Å². The van der Waals surface area contributed by atoms with Crippen molar-refractivity contribution in [3.63, 3.8) is 0 Å². The van der Waals surface area contributed by atoms with Gasteiger partial charge in [-0.15, -0.1) is 11.3 Å². The van der Waals surface area contributed by atoms with Crippen LogP contribution in [-0.4, -0.2) is 63.4 Å². The van der Waals surface area contributed by atoms with Gasteiger partial charge in [-0.05, 0) is 55.7 Å². The molecule has 30 heavy (non-hydrogen) atoms. The van der Waals surface area contributed by atoms with Gasteiger partial charge in [-0.3, -0.25) is 4.99 Å². The van der Waals surface area contributed by atoms with Crippen molar-refractivity contribution < 1.29 is 8.42 Å². The fourth-order valence-corrected chi connectivity index (χ4v) is 5.79. The molecule has 0 bridgehead atoms. The Bertz CT molecular complexity index is 890. The van der Waals surface area contributed by atoms with Crippen LogP contribution in [0.25, 0.3) is 0 Å². The molecule has 0 atom stereocenters. The Morgan fingerprint density at radius 2 is 1.93 bits per heavy atom. The number of hydrogen-bond donors (Lipinski definition) is 1. The summed E-state index contributed by atoms with van der Waals surface area (Å²) in [6.07, 6.45) is 2.69. The summed E-state index contributed by atoms with van der Waals surface area (Å²) in [6, 6.07) is 13.0. The van der Waals surface area contributed by atoms with Gasteiger partial charge >= 0.3 is 0 Å². The van der Waals surface area contributed by atoms with E-state index in [0.717, 1.165) is 44.9 Å². The van der Waals surface area contributed by atoms with Crippen LogP contribution in [0.3, 0.4) is 0 Å². The van der Waals surface area contributed by atoms with Gasteiger partial charge in [0.25, 0.3) is 0 Å². The Labute approximate surface area is 184 Å². The first kappa shape index (κ1) is 22.8. The molecule has 0 amide bonds. The highest BCUT2D eigenvalue weighted by Crippen LogP contribution is 2.24. The Balaban J connectivity index is 1.52. The van der Waals surface area contributed by atoms with E-state index >= 15 is 0 Å². The first-order valence-electron chi connectivity index (χ1n) is 10.6. The molecule has 164 valence electrons. The Morgan fingerprint density at radius 3 is 2.57 bits per heavy atom. The summed E-state index contributed by atoms with van der Waals surface area (Å²) in [4.78, 5) is 8.79. The number of nitrogens with one attached hydrogen (secondary N) is 1. The maximum Gasteiger partial charge on any atom is 0.243 e. The van der Waals surface area contributed by atoms with Crippen LogP contribution in [0.1, 0.15) is 24.6 Å². The summed E-state index contributed by atoms with van der Waals surface area (Å²) in [5.74, 6) is 1.33. The van der Waals surface area contributed by atoms with Gasteiger partial charge in [-0.25, -0.2) is 8.42 Å². The van der Waals surface area contributed by atoms with Gasteiger partial charge in [-0.1, -0.05) is 24.3 Å². The molecular formula is C22H32N4O2S2. The number of aliphatic imine (C=N–C) groups is 1. The number of guanidine groups is 1. The number of likely N-dealkylation sites (N-methyl/N-ethyl adjacent to an activating group) is 1. The number of sulfonamides is 1. The average Bonchev–Trinajstić information content (AvgIpc) is 3.29. The Hall–Kier alpha value is -1.90. The molecule has 2 aromatic rings. The van der Waals surface area contributed by atoms with Gasteiger partial charge in [0.2, 0.25) is 10.0 Å². The fourth-order valence-electron chi connectivity index (χ4n) is 3.60. The SMILES string of the molecule is CCNC(=NCC1CCN(S(=O)(=O)c2ccccc2)CC1)N(C)CCc1cccs1. The molecule has 0 aliphatic carbocycles. The third-order valence-electron chi connectivity index (χ3n) is 5.42. The predicted molar refractivity (Wildman–Crippen MR) is 125 cm³/mol. The summed E-state index contributed by atoms with van der Waals surface area (Å²) in [5, 5.41) is 5.49. The highest BCUT2D eigenvalue weighted by molar-refractivity contribution is 7.89. The smallest absolute Gasteiger partial charge is 0.243 e. The zero-order chi connectivity index (χ0) is 21.4. The van der Waals surface area contributed by atoms with Crippen molar-refractivity contribution in [3.05, 3.63) is 52.7 Å². The third kappa shape index (κ3) is 6.06. The molecule has 1 aromatic carbocycles. The van der Waals surface area contributed by atoms with E-state index in [9.17, 15) is 8.42 Å². The number of hydrogen-bond acceptors (Lipinski definition) is 4. The predicted octanol–water partition coefficient (Wildman–Crippen LogP) is 3.29. The average molecular weight is 449 g/mol. The van der Waals surface area contributed by atoms with Gasteiger partial charge in [0.1, 0.15) is 0 Å². The summed E-state index contributed by atoms with van der Waals surface area (Å²) < 4.78 is 27.2. The van der Waals surface area contributed by atoms with Crippen molar-refractivity contribution in [2.75, 3.05) is 39.8 Å². The van der Waals surface area contributed by atoms with Crippen molar-refractivity contribution in [1.82, 2.24) is 14.5 Å². The second-order valence-electron chi connectivity index (χ2n) is 7.61. The van der Waals surface area contributed by atoms with Crippen LogP contribution in [0.5, 0.6) is 0 Å². The monoisotopic (exact) mass is 448 g/mol. The van der Waals surface area contributed by atoms with E-state index < -0.39 is 10.0 Å². The lowest BCUT2D eigenvalue weighted by molar-refractivity contribution is 0.278.